The van der Waals surface area contributed by atoms with Crippen LogP contribution >= 0.6 is 0 Å². The Morgan fingerprint density at radius 1 is 1.10 bits per heavy atom. The highest BCUT2D eigenvalue weighted by Crippen LogP contribution is 2.34. The van der Waals surface area contributed by atoms with Crippen LogP contribution in [0.5, 0.6) is 5.75 Å². The molecule has 1 unspecified atom stereocenters. The summed E-state index contributed by atoms with van der Waals surface area (Å²) in [5, 5.41) is 14.0. The summed E-state index contributed by atoms with van der Waals surface area (Å²) in [5.74, 6) is 0.893. The maximum Gasteiger partial charge on any atom is 0.119 e. The average molecular weight is 281 g/mol. The molecule has 2 aromatic carbocycles. The van der Waals surface area contributed by atoms with Crippen LogP contribution in [0.15, 0.2) is 42.5 Å². The van der Waals surface area contributed by atoms with Crippen molar-refractivity contribution in [3.63, 3.8) is 0 Å². The van der Waals surface area contributed by atoms with E-state index in [1.54, 1.807) is 0 Å². The van der Waals surface area contributed by atoms with E-state index in [0.717, 1.165) is 48.4 Å². The summed E-state index contributed by atoms with van der Waals surface area (Å²) >= 11 is 0. The number of hydrogen-bond acceptors (Lipinski definition) is 3. The third-order valence-corrected chi connectivity index (χ3v) is 4.20. The molecule has 108 valence electrons. The molecule has 0 saturated heterocycles. The van der Waals surface area contributed by atoms with Crippen molar-refractivity contribution in [2.24, 2.45) is 0 Å². The Balaban J connectivity index is 1.59. The molecule has 0 aromatic heterocycles. The Bertz CT molecular complexity index is 647. The molecule has 2 N–H and O–H groups in total. The minimum Gasteiger partial charge on any atom is -0.490 e. The summed E-state index contributed by atoms with van der Waals surface area (Å²) in [6.07, 6.45) is 3.16. The van der Waals surface area contributed by atoms with Gasteiger partial charge in [-0.15, -0.1) is 0 Å². The van der Waals surface area contributed by atoms with Crippen LogP contribution in [0.1, 0.15) is 35.6 Å². The molecule has 3 heteroatoms. The Hall–Kier alpha value is -2.00. The van der Waals surface area contributed by atoms with E-state index in [4.69, 9.17) is 4.74 Å². The molecule has 0 amide bonds. The van der Waals surface area contributed by atoms with Crippen LogP contribution in [0, 0.1) is 0 Å². The summed E-state index contributed by atoms with van der Waals surface area (Å²) in [4.78, 5) is 0. The number of aliphatic hydroxyl groups excluding tert-OH is 1. The third kappa shape index (κ3) is 2.49. The van der Waals surface area contributed by atoms with Gasteiger partial charge in [-0.25, -0.2) is 0 Å². The lowest BCUT2D eigenvalue weighted by Crippen LogP contribution is -2.04. The van der Waals surface area contributed by atoms with Crippen LogP contribution in [0.2, 0.25) is 0 Å². The standard InChI is InChI=1S/C18H19NO2/c20-18(16-3-1-2-12-10-11-19-17(12)16)13-4-6-14(7-5-13)21-15-8-9-15/h1-7,15,18-20H,8-11H2. The molecular formula is C18H19NO2. The second-order valence-corrected chi connectivity index (χ2v) is 5.85. The average Bonchev–Trinajstić information content (AvgIpc) is 3.20. The Labute approximate surface area is 124 Å². The SMILES string of the molecule is OC(c1ccc(OC2CC2)cc1)c1cccc2c1NCC2. The molecule has 0 spiro atoms. The van der Waals surface area contributed by atoms with E-state index in [9.17, 15) is 5.11 Å². The minimum atomic E-state index is -0.597. The number of anilines is 1. The molecule has 1 aliphatic heterocycles. The zero-order valence-electron chi connectivity index (χ0n) is 11.9. The number of para-hydroxylation sites is 1. The predicted octanol–water partition coefficient (Wildman–Crippen LogP) is 3.28. The molecule has 3 nitrogen and oxygen atoms in total. The minimum absolute atomic E-state index is 0.405. The molecule has 0 bridgehead atoms. The topological polar surface area (TPSA) is 41.5 Å². The van der Waals surface area contributed by atoms with Gasteiger partial charge in [0.2, 0.25) is 0 Å². The number of hydrogen-bond donors (Lipinski definition) is 2. The van der Waals surface area contributed by atoms with Gasteiger partial charge in [0.25, 0.3) is 0 Å². The molecule has 1 fully saturated rings. The lowest BCUT2D eigenvalue weighted by Gasteiger charge is -2.16. The molecular weight excluding hydrogens is 262 g/mol. The molecule has 2 aliphatic rings. The predicted molar refractivity (Wildman–Crippen MR) is 82.8 cm³/mol. The number of rotatable bonds is 4. The number of benzene rings is 2. The van der Waals surface area contributed by atoms with Crippen LogP contribution in [0.3, 0.4) is 0 Å². The first kappa shape index (κ1) is 12.7. The summed E-state index contributed by atoms with van der Waals surface area (Å²) in [6.45, 7) is 0.952. The first-order valence-electron chi connectivity index (χ1n) is 7.61. The second-order valence-electron chi connectivity index (χ2n) is 5.85. The lowest BCUT2D eigenvalue weighted by atomic mass is 9.97. The molecule has 1 heterocycles. The van der Waals surface area contributed by atoms with E-state index < -0.39 is 6.10 Å². The van der Waals surface area contributed by atoms with Gasteiger partial charge in [-0.3, -0.25) is 0 Å². The fourth-order valence-electron chi connectivity index (χ4n) is 2.88. The van der Waals surface area contributed by atoms with Gasteiger partial charge in [0.05, 0.1) is 6.10 Å². The van der Waals surface area contributed by atoms with Crippen LogP contribution in [0.25, 0.3) is 0 Å². The van der Waals surface area contributed by atoms with Crippen molar-refractivity contribution in [1.29, 1.82) is 0 Å². The molecule has 1 atom stereocenters. The zero-order valence-corrected chi connectivity index (χ0v) is 11.9. The van der Waals surface area contributed by atoms with Crippen molar-refractivity contribution in [3.05, 3.63) is 59.2 Å². The number of ether oxygens (including phenoxy) is 1. The highest BCUT2D eigenvalue weighted by Gasteiger charge is 2.24. The van der Waals surface area contributed by atoms with Crippen LogP contribution < -0.4 is 10.1 Å². The fourth-order valence-corrected chi connectivity index (χ4v) is 2.88. The maximum absolute atomic E-state index is 10.7. The molecule has 2 aromatic rings. The summed E-state index contributed by atoms with van der Waals surface area (Å²) < 4.78 is 5.75. The van der Waals surface area contributed by atoms with Gasteiger partial charge in [-0.05, 0) is 42.5 Å². The Kier molecular flexibility index (Phi) is 3.08. The number of fused-ring (bicyclic) bond motifs is 1. The summed E-state index contributed by atoms with van der Waals surface area (Å²) in [5.41, 5.74) is 4.25. The van der Waals surface area contributed by atoms with Crippen LogP contribution in [-0.2, 0) is 6.42 Å². The second kappa shape index (κ2) is 5.08. The first-order chi connectivity index (χ1) is 10.3. The van der Waals surface area contributed by atoms with Gasteiger partial charge in [-0.1, -0.05) is 30.3 Å². The quantitative estimate of drug-likeness (QED) is 0.903. The van der Waals surface area contributed by atoms with Crippen molar-refractivity contribution in [3.8, 4) is 5.75 Å². The Morgan fingerprint density at radius 2 is 1.90 bits per heavy atom. The molecule has 1 aliphatic carbocycles. The number of nitrogens with one attached hydrogen (secondary N) is 1. The van der Waals surface area contributed by atoms with E-state index in [2.05, 4.69) is 11.4 Å². The van der Waals surface area contributed by atoms with Crippen molar-refractivity contribution < 1.29 is 9.84 Å². The van der Waals surface area contributed by atoms with Crippen LogP contribution in [-0.4, -0.2) is 17.8 Å². The smallest absolute Gasteiger partial charge is 0.119 e. The molecule has 4 rings (SSSR count). The van der Waals surface area contributed by atoms with E-state index in [0.29, 0.717) is 6.10 Å². The lowest BCUT2D eigenvalue weighted by molar-refractivity contribution is 0.220. The van der Waals surface area contributed by atoms with Crippen LogP contribution in [0.4, 0.5) is 5.69 Å². The van der Waals surface area contributed by atoms with Crippen molar-refractivity contribution in [2.45, 2.75) is 31.5 Å². The van der Waals surface area contributed by atoms with Gasteiger partial charge in [0.15, 0.2) is 0 Å². The van der Waals surface area contributed by atoms with E-state index in [-0.39, 0.29) is 0 Å². The molecule has 1 saturated carbocycles. The maximum atomic E-state index is 10.7. The van der Waals surface area contributed by atoms with Gasteiger partial charge in [0, 0.05) is 17.8 Å². The van der Waals surface area contributed by atoms with Gasteiger partial charge >= 0.3 is 0 Å². The van der Waals surface area contributed by atoms with Gasteiger partial charge in [0.1, 0.15) is 11.9 Å². The highest BCUT2D eigenvalue weighted by molar-refractivity contribution is 5.63. The summed E-state index contributed by atoms with van der Waals surface area (Å²) in [7, 11) is 0. The zero-order chi connectivity index (χ0) is 14.2. The summed E-state index contributed by atoms with van der Waals surface area (Å²) in [6, 6.07) is 14.0. The fraction of sp³-hybridized carbons (Fsp3) is 0.333. The van der Waals surface area contributed by atoms with Gasteiger partial charge in [-0.2, -0.15) is 0 Å². The Morgan fingerprint density at radius 3 is 2.67 bits per heavy atom. The van der Waals surface area contributed by atoms with E-state index in [1.807, 2.05) is 36.4 Å². The molecule has 0 radical (unpaired) electrons. The largest absolute Gasteiger partial charge is 0.490 e. The van der Waals surface area contributed by atoms with Gasteiger partial charge < -0.3 is 15.2 Å². The van der Waals surface area contributed by atoms with Crippen molar-refractivity contribution >= 4 is 5.69 Å². The third-order valence-electron chi connectivity index (χ3n) is 4.20. The highest BCUT2D eigenvalue weighted by atomic mass is 16.5. The van der Waals surface area contributed by atoms with Crippen molar-refractivity contribution in [1.82, 2.24) is 0 Å². The first-order valence-corrected chi connectivity index (χ1v) is 7.61. The normalized spacial score (nSPS) is 18.0. The van der Waals surface area contributed by atoms with E-state index >= 15 is 0 Å². The monoisotopic (exact) mass is 281 g/mol. The number of aliphatic hydroxyl groups is 1. The van der Waals surface area contributed by atoms with E-state index in [1.165, 1.54) is 5.56 Å². The van der Waals surface area contributed by atoms with Crippen molar-refractivity contribution in [2.75, 3.05) is 11.9 Å². The molecule has 21 heavy (non-hydrogen) atoms.